The molecule has 1 unspecified atom stereocenters. The number of hydrogen-bond acceptors (Lipinski definition) is 12. The van der Waals surface area contributed by atoms with Gasteiger partial charge in [0.15, 0.2) is 12.2 Å². The maximum absolute atomic E-state index is 13.0. The number of carbonyl (C=O) groups is 3. The van der Waals surface area contributed by atoms with Crippen molar-refractivity contribution in [3.63, 3.8) is 0 Å². The first-order valence-electron chi connectivity index (χ1n) is 12.7. The summed E-state index contributed by atoms with van der Waals surface area (Å²) < 4.78 is 27.0. The maximum atomic E-state index is 13.0. The third-order valence-electron chi connectivity index (χ3n) is 6.51. The van der Waals surface area contributed by atoms with Crippen LogP contribution in [0.25, 0.3) is 0 Å². The number of fused-ring (bicyclic) bond motifs is 6. The van der Waals surface area contributed by atoms with Crippen LogP contribution >= 0.6 is 0 Å². The van der Waals surface area contributed by atoms with Gasteiger partial charge in [0.2, 0.25) is 0 Å². The summed E-state index contributed by atoms with van der Waals surface area (Å²) in [7, 11) is 0. The third-order valence-corrected chi connectivity index (χ3v) is 6.51. The van der Waals surface area contributed by atoms with Crippen molar-refractivity contribution >= 4 is 23.6 Å². The van der Waals surface area contributed by atoms with Crippen molar-refractivity contribution in [2.45, 2.75) is 18.6 Å². The van der Waals surface area contributed by atoms with Crippen molar-refractivity contribution in [2.24, 2.45) is 0 Å². The maximum Gasteiger partial charge on any atom is 0.344 e. The molecular weight excluding hydrogens is 538 g/mol. The summed E-state index contributed by atoms with van der Waals surface area (Å²) in [5, 5.41) is 32.4. The minimum Gasteiger partial charge on any atom is -0.508 e. The number of phenols is 2. The summed E-state index contributed by atoms with van der Waals surface area (Å²) in [6.07, 6.45) is -1.32. The van der Waals surface area contributed by atoms with Crippen LogP contribution in [0.5, 0.6) is 23.0 Å². The molecule has 3 aromatic carbocycles. The summed E-state index contributed by atoms with van der Waals surface area (Å²) in [4.78, 5) is 35.8. The highest BCUT2D eigenvalue weighted by Crippen LogP contribution is 2.57. The van der Waals surface area contributed by atoms with E-state index in [4.69, 9.17) is 24.1 Å². The molecule has 0 aromatic heterocycles. The van der Waals surface area contributed by atoms with Crippen LogP contribution in [0.2, 0.25) is 0 Å². The van der Waals surface area contributed by atoms with E-state index in [-0.39, 0.29) is 42.8 Å². The molecule has 0 bridgehead atoms. The normalized spacial score (nSPS) is 14.6. The smallest absolute Gasteiger partial charge is 0.344 e. The first kappa shape index (κ1) is 27.7. The van der Waals surface area contributed by atoms with Gasteiger partial charge in [0, 0.05) is 41.1 Å². The number of ether oxygens (including phenoxy) is 5. The van der Waals surface area contributed by atoms with Gasteiger partial charge in [0.1, 0.15) is 35.7 Å². The van der Waals surface area contributed by atoms with Gasteiger partial charge in [-0.3, -0.25) is 0 Å². The summed E-state index contributed by atoms with van der Waals surface area (Å²) in [6.45, 7) is 1.35. The molecule has 41 heavy (non-hydrogen) atoms. The summed E-state index contributed by atoms with van der Waals surface area (Å²) in [5.41, 5.74) is 1.31. The zero-order valence-electron chi connectivity index (χ0n) is 21.9. The number of aliphatic hydroxyl groups excluding tert-OH is 1. The largest absolute Gasteiger partial charge is 0.508 e. The van der Waals surface area contributed by atoms with Crippen LogP contribution < -0.4 is 10.1 Å². The van der Waals surface area contributed by atoms with Crippen molar-refractivity contribution in [3.8, 4) is 23.0 Å². The van der Waals surface area contributed by atoms with E-state index in [9.17, 15) is 24.6 Å². The Balaban J connectivity index is 1.25. The average Bonchev–Trinajstić information content (AvgIpc) is 3.22. The third kappa shape index (κ3) is 5.47. The fourth-order valence-corrected chi connectivity index (χ4v) is 4.69. The second kappa shape index (κ2) is 11.4. The highest BCUT2D eigenvalue weighted by molar-refractivity contribution is 5.97. The fraction of sp³-hybridized carbons (Fsp3) is 0.276. The van der Waals surface area contributed by atoms with Gasteiger partial charge in [-0.15, -0.1) is 0 Å². The lowest BCUT2D eigenvalue weighted by atomic mass is 9.77. The zero-order chi connectivity index (χ0) is 29.1. The molecule has 3 aromatic rings. The van der Waals surface area contributed by atoms with Crippen LogP contribution in [0.15, 0.2) is 54.6 Å². The van der Waals surface area contributed by atoms with Gasteiger partial charge >= 0.3 is 17.9 Å². The fourth-order valence-electron chi connectivity index (χ4n) is 4.69. The van der Waals surface area contributed by atoms with E-state index in [1.54, 1.807) is 30.3 Å². The number of rotatable bonds is 10. The molecule has 0 amide bonds. The zero-order valence-corrected chi connectivity index (χ0v) is 21.9. The Morgan fingerprint density at radius 3 is 2.24 bits per heavy atom. The van der Waals surface area contributed by atoms with Crippen molar-refractivity contribution in [3.05, 3.63) is 76.9 Å². The van der Waals surface area contributed by atoms with Crippen molar-refractivity contribution in [2.75, 3.05) is 38.3 Å². The molecule has 1 atom stereocenters. The first-order valence-corrected chi connectivity index (χ1v) is 12.7. The lowest BCUT2D eigenvalue weighted by Crippen LogP contribution is -2.33. The Morgan fingerprint density at radius 1 is 0.902 bits per heavy atom. The number of nitrogens with one attached hydrogen (secondary N) is 1. The van der Waals surface area contributed by atoms with E-state index in [0.717, 1.165) is 0 Å². The molecule has 0 radical (unpaired) electrons. The molecule has 0 fully saturated rings. The van der Waals surface area contributed by atoms with Gasteiger partial charge < -0.3 is 44.3 Å². The summed E-state index contributed by atoms with van der Waals surface area (Å²) in [5.74, 6) is -1.68. The molecule has 2 aliphatic rings. The van der Waals surface area contributed by atoms with Crippen LogP contribution in [0.1, 0.15) is 34.0 Å². The summed E-state index contributed by atoms with van der Waals surface area (Å²) >= 11 is 0. The molecule has 2 aliphatic heterocycles. The van der Waals surface area contributed by atoms with Gasteiger partial charge in [-0.05, 0) is 49.4 Å². The van der Waals surface area contributed by atoms with E-state index in [1.165, 1.54) is 31.2 Å². The highest BCUT2D eigenvalue weighted by atomic mass is 16.6. The van der Waals surface area contributed by atoms with Gasteiger partial charge in [0.25, 0.3) is 0 Å². The average molecular weight is 566 g/mol. The quantitative estimate of drug-likeness (QED) is 0.161. The molecule has 2 heterocycles. The number of carbonyl (C=O) groups excluding carboxylic acids is 3. The number of hydrogen-bond donors (Lipinski definition) is 4. The molecule has 0 aliphatic carbocycles. The van der Waals surface area contributed by atoms with Gasteiger partial charge in [-0.1, -0.05) is 0 Å². The van der Waals surface area contributed by atoms with Crippen LogP contribution in [0.3, 0.4) is 0 Å². The molecule has 214 valence electrons. The SMILES string of the molecule is CC(O)C(=O)OCC(=O)OCCOCCNc1ccc2c(c1)C1(OC2=O)c2ccc(O)cc2Oc2cc(O)ccc21. The standard InChI is InChI=1S/C29H27NO11/c1-16(31)27(35)39-15-26(34)38-11-10-37-9-8-30-17-2-5-20-23(12-17)29(41-28(20)36)21-6-3-18(32)13-24(21)40-25-14-19(33)4-7-22(25)29/h2-7,12-14,16,30-33H,8-11,15H2,1H3. The van der Waals surface area contributed by atoms with Gasteiger partial charge in [-0.25, -0.2) is 14.4 Å². The number of phenolic OH excluding ortho intramolecular Hbond substituents is 2. The Labute approximate surface area is 234 Å². The van der Waals surface area contributed by atoms with Gasteiger partial charge in [0.05, 0.1) is 18.8 Å². The van der Waals surface area contributed by atoms with Crippen molar-refractivity contribution in [1.82, 2.24) is 0 Å². The molecule has 0 saturated heterocycles. The monoisotopic (exact) mass is 565 g/mol. The topological polar surface area (TPSA) is 170 Å². The van der Waals surface area contributed by atoms with E-state index in [0.29, 0.717) is 34.5 Å². The second-order valence-electron chi connectivity index (χ2n) is 9.34. The lowest BCUT2D eigenvalue weighted by Gasteiger charge is -2.36. The predicted octanol–water partition coefficient (Wildman–Crippen LogP) is 2.56. The molecule has 0 saturated carbocycles. The predicted molar refractivity (Wildman–Crippen MR) is 141 cm³/mol. The second-order valence-corrected chi connectivity index (χ2v) is 9.34. The van der Waals surface area contributed by atoms with Gasteiger partial charge in [-0.2, -0.15) is 0 Å². The van der Waals surface area contributed by atoms with Crippen LogP contribution in [0, 0.1) is 0 Å². The molecule has 4 N–H and O–H groups in total. The van der Waals surface area contributed by atoms with E-state index >= 15 is 0 Å². The molecule has 12 nitrogen and oxygen atoms in total. The number of esters is 3. The van der Waals surface area contributed by atoms with E-state index in [2.05, 4.69) is 10.1 Å². The van der Waals surface area contributed by atoms with Crippen LogP contribution in [0.4, 0.5) is 5.69 Å². The molecule has 1 spiro atoms. The minimum atomic E-state index is -1.36. The Bertz CT molecular complexity index is 1450. The number of aromatic hydroxyl groups is 2. The van der Waals surface area contributed by atoms with Crippen LogP contribution in [-0.2, 0) is 34.1 Å². The first-order chi connectivity index (χ1) is 19.7. The van der Waals surface area contributed by atoms with E-state index < -0.39 is 36.2 Å². The molecule has 5 rings (SSSR count). The van der Waals surface area contributed by atoms with E-state index in [1.807, 2.05) is 0 Å². The van der Waals surface area contributed by atoms with Crippen molar-refractivity contribution < 1.29 is 53.4 Å². The van der Waals surface area contributed by atoms with Crippen LogP contribution in [-0.4, -0.2) is 72.3 Å². The Hall–Kier alpha value is -4.81. The Morgan fingerprint density at radius 2 is 1.59 bits per heavy atom. The number of aliphatic hydroxyl groups is 1. The molecule has 12 heteroatoms. The lowest BCUT2D eigenvalue weighted by molar-refractivity contribution is -0.164. The number of benzene rings is 3. The van der Waals surface area contributed by atoms with Crippen molar-refractivity contribution in [1.29, 1.82) is 0 Å². The minimum absolute atomic E-state index is 0.0306. The number of anilines is 1. The molecular formula is C29H27NO11. The summed E-state index contributed by atoms with van der Waals surface area (Å²) in [6, 6.07) is 14.3. The highest BCUT2D eigenvalue weighted by Gasteiger charge is 2.53. The Kier molecular flexibility index (Phi) is 7.68.